The van der Waals surface area contributed by atoms with Crippen molar-refractivity contribution in [1.29, 1.82) is 0 Å². The molecule has 0 amide bonds. The Labute approximate surface area is 172 Å². The van der Waals surface area contributed by atoms with Crippen molar-refractivity contribution in [3.63, 3.8) is 0 Å². The number of nitrogens with zero attached hydrogens (tertiary/aromatic N) is 2. The van der Waals surface area contributed by atoms with Crippen LogP contribution in [0.3, 0.4) is 0 Å². The summed E-state index contributed by atoms with van der Waals surface area (Å²) in [4.78, 5) is 8.84. The van der Waals surface area contributed by atoms with Gasteiger partial charge in [0.05, 0.1) is 4.90 Å². The molecular weight excluding hydrogens is 463 g/mol. The summed E-state index contributed by atoms with van der Waals surface area (Å²) in [5.41, 5.74) is 2.77. The van der Waals surface area contributed by atoms with Crippen LogP contribution in [0.4, 0.5) is 0 Å². The summed E-state index contributed by atoms with van der Waals surface area (Å²) in [5.74, 6) is 0.695. The number of rotatable bonds is 6. The lowest BCUT2D eigenvalue weighted by Crippen LogP contribution is -2.37. The van der Waals surface area contributed by atoms with Gasteiger partial charge in [-0.05, 0) is 36.2 Å². The summed E-state index contributed by atoms with van der Waals surface area (Å²) in [5, 5.41) is 6.47. The Morgan fingerprint density at radius 1 is 1.19 bits per heavy atom. The maximum absolute atomic E-state index is 11.7. The quantitative estimate of drug-likeness (QED) is 0.371. The summed E-state index contributed by atoms with van der Waals surface area (Å²) in [7, 11) is -1.47. The molecule has 26 heavy (non-hydrogen) atoms. The smallest absolute Gasteiger partial charge is 0.191 e. The number of halogens is 1. The average Bonchev–Trinajstić information content (AvgIpc) is 2.57. The molecule has 0 aliphatic carbocycles. The molecule has 0 saturated carbocycles. The molecule has 2 N–H and O–H groups in total. The van der Waals surface area contributed by atoms with Gasteiger partial charge >= 0.3 is 0 Å². The molecule has 0 radical (unpaired) electrons. The summed E-state index contributed by atoms with van der Waals surface area (Å²) in [6.45, 7) is 3.09. The van der Waals surface area contributed by atoms with E-state index >= 15 is 0 Å². The van der Waals surface area contributed by atoms with Crippen molar-refractivity contribution in [3.05, 3.63) is 59.4 Å². The number of hydrogen-bond donors (Lipinski definition) is 2. The molecule has 1 aromatic heterocycles. The molecule has 0 bridgehead atoms. The van der Waals surface area contributed by atoms with Crippen LogP contribution in [0.25, 0.3) is 0 Å². The number of sulfone groups is 1. The zero-order valence-corrected chi connectivity index (χ0v) is 18.3. The molecule has 8 heteroatoms. The highest BCUT2D eigenvalue weighted by Crippen LogP contribution is 2.16. The van der Waals surface area contributed by atoms with Crippen LogP contribution in [0.1, 0.15) is 16.8 Å². The average molecular weight is 488 g/mol. The van der Waals surface area contributed by atoms with Gasteiger partial charge in [0.1, 0.15) is 0 Å². The third-order valence-corrected chi connectivity index (χ3v) is 4.98. The lowest BCUT2D eigenvalue weighted by molar-refractivity contribution is 0.601. The molecule has 2 aromatic rings. The number of aryl methyl sites for hydroxylation is 1. The molecule has 142 valence electrons. The van der Waals surface area contributed by atoms with Crippen molar-refractivity contribution >= 4 is 39.8 Å². The fraction of sp³-hybridized carbons (Fsp3) is 0.333. The van der Waals surface area contributed by atoms with Crippen LogP contribution in [0.5, 0.6) is 0 Å². The van der Waals surface area contributed by atoms with Crippen LogP contribution in [-0.4, -0.2) is 39.2 Å². The number of aliphatic imine (C=N–C) groups is 1. The highest BCUT2D eigenvalue weighted by Gasteiger charge is 2.10. The SMILES string of the molecule is CN=C(NCCc1ccccn1)NCc1ccc(S(C)(=O)=O)c(C)c1.I. The van der Waals surface area contributed by atoms with Gasteiger partial charge in [0.25, 0.3) is 0 Å². The topological polar surface area (TPSA) is 83.4 Å². The first-order chi connectivity index (χ1) is 11.9. The van der Waals surface area contributed by atoms with Crippen molar-refractivity contribution in [1.82, 2.24) is 15.6 Å². The molecule has 0 aliphatic heterocycles. The molecule has 6 nitrogen and oxygen atoms in total. The zero-order chi connectivity index (χ0) is 18.3. The third kappa shape index (κ3) is 6.91. The molecule has 0 unspecified atom stereocenters. The van der Waals surface area contributed by atoms with Gasteiger partial charge in [-0.2, -0.15) is 0 Å². The van der Waals surface area contributed by atoms with Crippen LogP contribution in [0.15, 0.2) is 52.5 Å². The number of pyridine rings is 1. The second-order valence-electron chi connectivity index (χ2n) is 5.80. The first kappa shape index (κ1) is 22.4. The van der Waals surface area contributed by atoms with Gasteiger partial charge in [0, 0.05) is 44.7 Å². The van der Waals surface area contributed by atoms with Gasteiger partial charge < -0.3 is 10.6 Å². The Hall–Kier alpha value is -1.68. The minimum atomic E-state index is -3.19. The van der Waals surface area contributed by atoms with Gasteiger partial charge in [-0.25, -0.2) is 8.42 Å². The third-order valence-electron chi connectivity index (χ3n) is 3.72. The Morgan fingerprint density at radius 2 is 1.96 bits per heavy atom. The van der Waals surface area contributed by atoms with E-state index < -0.39 is 9.84 Å². The highest BCUT2D eigenvalue weighted by atomic mass is 127. The maximum Gasteiger partial charge on any atom is 0.191 e. The zero-order valence-electron chi connectivity index (χ0n) is 15.2. The predicted octanol–water partition coefficient (Wildman–Crippen LogP) is 2.32. The van der Waals surface area contributed by atoms with E-state index in [4.69, 9.17) is 0 Å². The predicted molar refractivity (Wildman–Crippen MR) is 116 cm³/mol. The van der Waals surface area contributed by atoms with Crippen molar-refractivity contribution in [2.24, 2.45) is 4.99 Å². The van der Waals surface area contributed by atoms with Crippen molar-refractivity contribution in [2.75, 3.05) is 19.8 Å². The van der Waals surface area contributed by atoms with E-state index in [2.05, 4.69) is 20.6 Å². The van der Waals surface area contributed by atoms with Gasteiger partial charge in [0.15, 0.2) is 15.8 Å². The first-order valence-electron chi connectivity index (χ1n) is 8.04. The number of hydrogen-bond acceptors (Lipinski definition) is 4. The summed E-state index contributed by atoms with van der Waals surface area (Å²) >= 11 is 0. The lowest BCUT2D eigenvalue weighted by Gasteiger charge is -2.13. The second kappa shape index (κ2) is 10.5. The van der Waals surface area contributed by atoms with Crippen LogP contribution < -0.4 is 10.6 Å². The van der Waals surface area contributed by atoms with Crippen LogP contribution in [0, 0.1) is 6.92 Å². The van der Waals surface area contributed by atoms with E-state index in [1.807, 2.05) is 30.3 Å². The van der Waals surface area contributed by atoms with Gasteiger partial charge in [-0.3, -0.25) is 9.98 Å². The van der Waals surface area contributed by atoms with Gasteiger partial charge in [-0.15, -0.1) is 24.0 Å². The summed E-state index contributed by atoms with van der Waals surface area (Å²) in [6.07, 6.45) is 3.81. The lowest BCUT2D eigenvalue weighted by atomic mass is 10.1. The number of guanidine groups is 1. The molecule has 0 atom stereocenters. The fourth-order valence-corrected chi connectivity index (χ4v) is 3.46. The van der Waals surface area contributed by atoms with Crippen LogP contribution in [-0.2, 0) is 22.8 Å². The van der Waals surface area contributed by atoms with Crippen molar-refractivity contribution < 1.29 is 8.42 Å². The highest BCUT2D eigenvalue weighted by molar-refractivity contribution is 14.0. The Morgan fingerprint density at radius 3 is 2.54 bits per heavy atom. The molecule has 0 aliphatic rings. The van der Waals surface area contributed by atoms with E-state index in [0.29, 0.717) is 17.4 Å². The van der Waals surface area contributed by atoms with Crippen molar-refractivity contribution in [2.45, 2.75) is 24.8 Å². The minimum absolute atomic E-state index is 0. The molecule has 0 saturated heterocycles. The maximum atomic E-state index is 11.7. The number of benzene rings is 1. The number of aromatic nitrogens is 1. The Kier molecular flexibility index (Phi) is 9.00. The second-order valence-corrected chi connectivity index (χ2v) is 7.78. The first-order valence-corrected chi connectivity index (χ1v) is 9.93. The Bertz CT molecular complexity index is 840. The van der Waals surface area contributed by atoms with Gasteiger partial charge in [0.2, 0.25) is 0 Å². The van der Waals surface area contributed by atoms with E-state index in [1.165, 1.54) is 6.26 Å². The molecule has 0 spiro atoms. The monoisotopic (exact) mass is 488 g/mol. The van der Waals surface area contributed by atoms with E-state index in [-0.39, 0.29) is 24.0 Å². The van der Waals surface area contributed by atoms with Crippen LogP contribution >= 0.6 is 24.0 Å². The Balaban J connectivity index is 0.00000338. The molecule has 2 rings (SSSR count). The van der Waals surface area contributed by atoms with Gasteiger partial charge in [-0.1, -0.05) is 18.2 Å². The summed E-state index contributed by atoms with van der Waals surface area (Å²) in [6, 6.07) is 11.2. The van der Waals surface area contributed by atoms with E-state index in [1.54, 1.807) is 26.2 Å². The van der Waals surface area contributed by atoms with E-state index in [9.17, 15) is 8.42 Å². The van der Waals surface area contributed by atoms with Crippen LogP contribution in [0.2, 0.25) is 0 Å². The number of nitrogens with one attached hydrogen (secondary N) is 2. The molecule has 0 fully saturated rings. The minimum Gasteiger partial charge on any atom is -0.356 e. The molecule has 1 heterocycles. The van der Waals surface area contributed by atoms with Crippen molar-refractivity contribution in [3.8, 4) is 0 Å². The fourth-order valence-electron chi connectivity index (χ4n) is 2.50. The normalized spacial score (nSPS) is 11.6. The van der Waals surface area contributed by atoms with E-state index in [0.717, 1.165) is 29.8 Å². The largest absolute Gasteiger partial charge is 0.356 e. The summed E-state index contributed by atoms with van der Waals surface area (Å²) < 4.78 is 23.3. The molecule has 1 aromatic carbocycles. The molecular formula is C18H25IN4O2S. The standard InChI is InChI=1S/C18H24N4O2S.HI/c1-14-12-15(7-8-17(14)25(3,23)24)13-22-18(19-2)21-11-9-16-6-4-5-10-20-16;/h4-8,10,12H,9,11,13H2,1-3H3,(H2,19,21,22);1H.